The minimum Gasteiger partial charge on any atom is -0.352 e. The third kappa shape index (κ3) is 3.41. The highest BCUT2D eigenvalue weighted by Crippen LogP contribution is 2.11. The molecule has 0 amide bonds. The molecular weight excluding hydrogens is 290 g/mol. The fourth-order valence-corrected chi connectivity index (χ4v) is 2.42. The van der Waals surface area contributed by atoms with E-state index in [1.54, 1.807) is 10.9 Å². The van der Waals surface area contributed by atoms with Crippen LogP contribution >= 0.6 is 0 Å². The predicted octanol–water partition coefficient (Wildman–Crippen LogP) is 2.70. The second kappa shape index (κ2) is 6.24. The summed E-state index contributed by atoms with van der Waals surface area (Å²) >= 11 is 0. The zero-order valence-electron chi connectivity index (χ0n) is 13.6. The highest BCUT2D eigenvalue weighted by atomic mass is 16.1. The molecule has 0 aliphatic rings. The van der Waals surface area contributed by atoms with Crippen LogP contribution in [0.1, 0.15) is 25.0 Å². The lowest BCUT2D eigenvalue weighted by Gasteiger charge is -2.08. The van der Waals surface area contributed by atoms with Crippen molar-refractivity contribution in [1.29, 1.82) is 0 Å². The summed E-state index contributed by atoms with van der Waals surface area (Å²) in [6.07, 6.45) is 1.58. The van der Waals surface area contributed by atoms with Crippen LogP contribution in [0, 0.1) is 12.8 Å². The molecule has 0 radical (unpaired) electrons. The smallest absolute Gasteiger partial charge is 0.263 e. The molecule has 3 rings (SSSR count). The van der Waals surface area contributed by atoms with Gasteiger partial charge in [-0.15, -0.1) is 0 Å². The monoisotopic (exact) mass is 311 g/mol. The van der Waals surface area contributed by atoms with Crippen molar-refractivity contribution in [1.82, 2.24) is 19.7 Å². The predicted molar refractivity (Wildman–Crippen MR) is 91.5 cm³/mol. The Kier molecular flexibility index (Phi) is 4.14. The zero-order valence-corrected chi connectivity index (χ0v) is 13.6. The number of aromatic amines is 1. The molecule has 23 heavy (non-hydrogen) atoms. The first kappa shape index (κ1) is 15.3. The Labute approximate surface area is 134 Å². The van der Waals surface area contributed by atoms with E-state index in [0.29, 0.717) is 29.4 Å². The summed E-state index contributed by atoms with van der Waals surface area (Å²) in [6, 6.07) is 8.24. The standard InChI is InChI=1S/C17H21N5O/c1-11(2)10-22-15-14(9-19-22)16(23)21-17(20-15)18-8-13-6-4-12(3)5-7-13/h4-7,9,11H,8,10H2,1-3H3,(H2,18,20,21,23). The molecule has 3 aromatic rings. The molecule has 120 valence electrons. The summed E-state index contributed by atoms with van der Waals surface area (Å²) in [5.74, 6) is 0.900. The molecule has 0 spiro atoms. The van der Waals surface area contributed by atoms with Crippen LogP contribution in [0.4, 0.5) is 5.95 Å². The van der Waals surface area contributed by atoms with E-state index >= 15 is 0 Å². The van der Waals surface area contributed by atoms with Crippen LogP contribution in [0.2, 0.25) is 0 Å². The SMILES string of the molecule is Cc1ccc(CNc2nc3c(cnn3CC(C)C)c(=O)[nH]2)cc1. The van der Waals surface area contributed by atoms with E-state index in [4.69, 9.17) is 0 Å². The molecule has 0 fully saturated rings. The maximum atomic E-state index is 12.2. The van der Waals surface area contributed by atoms with Crippen LogP contribution in [-0.4, -0.2) is 19.7 Å². The van der Waals surface area contributed by atoms with Gasteiger partial charge in [0.2, 0.25) is 5.95 Å². The van der Waals surface area contributed by atoms with E-state index in [1.165, 1.54) is 5.56 Å². The fraction of sp³-hybridized carbons (Fsp3) is 0.353. The van der Waals surface area contributed by atoms with E-state index < -0.39 is 0 Å². The molecular formula is C17H21N5O. The number of hydrogen-bond donors (Lipinski definition) is 2. The quantitative estimate of drug-likeness (QED) is 0.759. The van der Waals surface area contributed by atoms with Gasteiger partial charge in [-0.3, -0.25) is 9.78 Å². The molecule has 0 aliphatic heterocycles. The van der Waals surface area contributed by atoms with Gasteiger partial charge in [-0.05, 0) is 18.4 Å². The topological polar surface area (TPSA) is 75.6 Å². The Hall–Kier alpha value is -2.63. The number of rotatable bonds is 5. The summed E-state index contributed by atoms with van der Waals surface area (Å²) in [5.41, 5.74) is 2.80. The van der Waals surface area contributed by atoms with Gasteiger partial charge in [0, 0.05) is 13.1 Å². The van der Waals surface area contributed by atoms with Gasteiger partial charge in [0.1, 0.15) is 5.39 Å². The maximum absolute atomic E-state index is 12.2. The van der Waals surface area contributed by atoms with Crippen molar-refractivity contribution in [2.24, 2.45) is 5.92 Å². The van der Waals surface area contributed by atoms with Crippen molar-refractivity contribution in [3.8, 4) is 0 Å². The minimum atomic E-state index is -0.170. The van der Waals surface area contributed by atoms with Crippen molar-refractivity contribution in [3.05, 3.63) is 51.9 Å². The van der Waals surface area contributed by atoms with Gasteiger partial charge in [0.05, 0.1) is 6.20 Å². The molecule has 6 heteroatoms. The Morgan fingerprint density at radius 2 is 2.00 bits per heavy atom. The van der Waals surface area contributed by atoms with Gasteiger partial charge >= 0.3 is 0 Å². The Morgan fingerprint density at radius 3 is 2.70 bits per heavy atom. The molecule has 0 atom stereocenters. The molecule has 0 saturated heterocycles. The number of aromatic nitrogens is 4. The van der Waals surface area contributed by atoms with E-state index in [0.717, 1.165) is 12.1 Å². The average molecular weight is 311 g/mol. The van der Waals surface area contributed by atoms with E-state index in [-0.39, 0.29) is 5.56 Å². The lowest BCUT2D eigenvalue weighted by atomic mass is 10.1. The van der Waals surface area contributed by atoms with Crippen molar-refractivity contribution in [2.75, 3.05) is 5.32 Å². The number of fused-ring (bicyclic) bond motifs is 1. The molecule has 6 nitrogen and oxygen atoms in total. The van der Waals surface area contributed by atoms with Crippen LogP contribution in [0.5, 0.6) is 0 Å². The fourth-order valence-electron chi connectivity index (χ4n) is 2.42. The highest BCUT2D eigenvalue weighted by molar-refractivity contribution is 5.74. The summed E-state index contributed by atoms with van der Waals surface area (Å²) in [5, 5.41) is 7.97. The van der Waals surface area contributed by atoms with Crippen molar-refractivity contribution in [3.63, 3.8) is 0 Å². The van der Waals surface area contributed by atoms with Gasteiger partial charge in [-0.25, -0.2) is 4.68 Å². The normalized spacial score (nSPS) is 11.3. The minimum absolute atomic E-state index is 0.170. The number of nitrogens with one attached hydrogen (secondary N) is 2. The second-order valence-corrected chi connectivity index (χ2v) is 6.21. The molecule has 1 aromatic carbocycles. The van der Waals surface area contributed by atoms with Gasteiger partial charge in [-0.2, -0.15) is 10.1 Å². The molecule has 2 aromatic heterocycles. The van der Waals surface area contributed by atoms with Crippen LogP contribution in [0.3, 0.4) is 0 Å². The van der Waals surface area contributed by atoms with Crippen LogP contribution < -0.4 is 10.9 Å². The van der Waals surface area contributed by atoms with Crippen LogP contribution in [0.15, 0.2) is 35.3 Å². The molecule has 2 heterocycles. The van der Waals surface area contributed by atoms with Gasteiger partial charge in [0.15, 0.2) is 5.65 Å². The van der Waals surface area contributed by atoms with Gasteiger partial charge in [0.25, 0.3) is 5.56 Å². The average Bonchev–Trinajstić information content (AvgIpc) is 2.90. The van der Waals surface area contributed by atoms with Gasteiger partial charge < -0.3 is 5.32 Å². The Morgan fingerprint density at radius 1 is 1.26 bits per heavy atom. The highest BCUT2D eigenvalue weighted by Gasteiger charge is 2.11. The molecule has 0 aliphatic carbocycles. The molecule has 2 N–H and O–H groups in total. The third-order valence-corrected chi connectivity index (χ3v) is 3.62. The molecule has 0 unspecified atom stereocenters. The second-order valence-electron chi connectivity index (χ2n) is 6.21. The summed E-state index contributed by atoms with van der Waals surface area (Å²) < 4.78 is 1.78. The van der Waals surface area contributed by atoms with E-state index in [2.05, 4.69) is 65.4 Å². The number of H-pyrrole nitrogens is 1. The van der Waals surface area contributed by atoms with E-state index in [9.17, 15) is 4.79 Å². The van der Waals surface area contributed by atoms with Crippen LogP contribution in [0.25, 0.3) is 11.0 Å². The first-order chi connectivity index (χ1) is 11.0. The summed E-state index contributed by atoms with van der Waals surface area (Å²) in [7, 11) is 0. The zero-order chi connectivity index (χ0) is 16.4. The van der Waals surface area contributed by atoms with E-state index in [1.807, 2.05) is 0 Å². The Bertz CT molecular complexity index is 861. The molecule has 0 bridgehead atoms. The number of hydrogen-bond acceptors (Lipinski definition) is 4. The Balaban J connectivity index is 1.86. The number of aryl methyl sites for hydroxylation is 1. The molecule has 0 saturated carbocycles. The summed E-state index contributed by atoms with van der Waals surface area (Å²) in [6.45, 7) is 7.61. The summed E-state index contributed by atoms with van der Waals surface area (Å²) in [4.78, 5) is 19.4. The number of nitrogens with zero attached hydrogens (tertiary/aromatic N) is 3. The largest absolute Gasteiger partial charge is 0.352 e. The third-order valence-electron chi connectivity index (χ3n) is 3.62. The van der Waals surface area contributed by atoms with Crippen molar-refractivity contribution >= 4 is 17.0 Å². The van der Waals surface area contributed by atoms with Crippen molar-refractivity contribution < 1.29 is 0 Å². The first-order valence-corrected chi connectivity index (χ1v) is 7.78. The number of benzene rings is 1. The number of anilines is 1. The van der Waals surface area contributed by atoms with Gasteiger partial charge in [-0.1, -0.05) is 43.7 Å². The van der Waals surface area contributed by atoms with Crippen molar-refractivity contribution in [2.45, 2.75) is 33.9 Å². The maximum Gasteiger partial charge on any atom is 0.263 e. The lowest BCUT2D eigenvalue weighted by molar-refractivity contribution is 0.492. The first-order valence-electron chi connectivity index (χ1n) is 7.78. The van der Waals surface area contributed by atoms with Crippen LogP contribution in [-0.2, 0) is 13.1 Å². The lowest BCUT2D eigenvalue weighted by Crippen LogP contribution is -2.14.